The first-order chi connectivity index (χ1) is 28.4. The minimum atomic E-state index is -0.00169. The molecule has 8 aromatic carbocycles. The van der Waals surface area contributed by atoms with Crippen LogP contribution >= 0.6 is 0 Å². The van der Waals surface area contributed by atoms with Gasteiger partial charge in [-0.1, -0.05) is 101 Å². The van der Waals surface area contributed by atoms with Gasteiger partial charge in [0.2, 0.25) is 0 Å². The van der Waals surface area contributed by atoms with Crippen LogP contribution in [0.1, 0.15) is 0 Å². The highest BCUT2D eigenvalue weighted by Crippen LogP contribution is 2.40. The first kappa shape index (κ1) is 37.3. The fourth-order valence-electron chi connectivity index (χ4n) is 8.14. The molecule has 0 saturated carbocycles. The van der Waals surface area contributed by atoms with Gasteiger partial charge in [-0.2, -0.15) is 0 Å². The highest BCUT2D eigenvalue weighted by Gasteiger charge is 2.23. The molecule has 0 saturated heterocycles. The molecule has 0 unspecified atom stereocenters. The second kappa shape index (κ2) is 13.8. The predicted molar refractivity (Wildman–Crippen MR) is 255 cm³/mol. The summed E-state index contributed by atoms with van der Waals surface area (Å²) >= 11 is 0. The van der Waals surface area contributed by atoms with Gasteiger partial charge >= 0.3 is 0 Å². The fraction of sp³-hybridized carbons (Fsp3) is 0. The highest BCUT2D eigenvalue weighted by atomic mass is 16.3. The van der Waals surface area contributed by atoms with E-state index in [1.807, 2.05) is 24.3 Å². The maximum absolute atomic E-state index is 6.70. The van der Waals surface area contributed by atoms with Gasteiger partial charge in [-0.25, -0.2) is 15.0 Å². The van der Waals surface area contributed by atoms with E-state index in [0.717, 1.165) is 21.9 Å². The van der Waals surface area contributed by atoms with Gasteiger partial charge in [0.15, 0.2) is 17.5 Å². The van der Waals surface area contributed by atoms with Crippen molar-refractivity contribution in [3.05, 3.63) is 103 Å². The van der Waals surface area contributed by atoms with Gasteiger partial charge in [0.1, 0.15) is 89.6 Å². The molecule has 0 aliphatic carbocycles. The second-order valence-electron chi connectivity index (χ2n) is 14.5. The van der Waals surface area contributed by atoms with Crippen molar-refractivity contribution in [3.8, 4) is 45.3 Å². The van der Waals surface area contributed by atoms with Crippen molar-refractivity contribution in [2.24, 2.45) is 0 Å². The molecule has 0 bridgehead atoms. The van der Waals surface area contributed by atoms with Crippen LogP contribution < -0.4 is 54.6 Å². The van der Waals surface area contributed by atoms with Crippen LogP contribution in [0.15, 0.2) is 108 Å². The second-order valence-corrected chi connectivity index (χ2v) is 14.5. The van der Waals surface area contributed by atoms with Crippen molar-refractivity contribution < 1.29 is 4.42 Å². The Morgan fingerprint density at radius 3 is 1.22 bits per heavy atom. The van der Waals surface area contributed by atoms with Crippen LogP contribution in [0.5, 0.6) is 0 Å². The molecule has 248 valence electrons. The SMILES string of the molecule is [B]c1c([B])c([B])c(-c2nc(-c3c([B])c([B])c([B])c([B])c3[B])nc(-c3cccc4c3oc3cc(-c5ccc6c7ccccc7c7ccccc7c6c5)ccc34)n2)c([B])c1[B]. The van der Waals surface area contributed by atoms with Gasteiger partial charge in [-0.05, 0) is 67.7 Å². The Morgan fingerprint density at radius 2 is 0.712 bits per heavy atom. The van der Waals surface area contributed by atoms with Gasteiger partial charge in [0.05, 0.1) is 5.56 Å². The number of nitrogens with zero attached hydrogens (tertiary/aromatic N) is 3. The third kappa shape index (κ3) is 5.63. The lowest BCUT2D eigenvalue weighted by molar-refractivity contribution is 0.669. The maximum Gasteiger partial charge on any atom is 0.167 e. The lowest BCUT2D eigenvalue weighted by atomic mass is 9.60. The molecule has 0 aliphatic rings. The van der Waals surface area contributed by atoms with Crippen molar-refractivity contribution in [2.45, 2.75) is 0 Å². The highest BCUT2D eigenvalue weighted by molar-refractivity contribution is 6.70. The van der Waals surface area contributed by atoms with E-state index in [1.165, 1.54) is 32.3 Å². The average molecular weight is 724 g/mol. The number of para-hydroxylation sites is 1. The number of rotatable bonds is 4. The van der Waals surface area contributed by atoms with Crippen molar-refractivity contribution in [1.82, 2.24) is 15.0 Å². The van der Waals surface area contributed by atoms with Crippen molar-refractivity contribution in [3.63, 3.8) is 0 Å². The van der Waals surface area contributed by atoms with Crippen molar-refractivity contribution in [2.75, 3.05) is 0 Å². The summed E-state index contributed by atoms with van der Waals surface area (Å²) in [5, 5.41) is 8.90. The van der Waals surface area contributed by atoms with E-state index in [0.29, 0.717) is 16.7 Å². The predicted octanol–water partition coefficient (Wildman–Crippen LogP) is -0.163. The molecule has 0 fully saturated rings. The zero-order chi connectivity index (χ0) is 41.0. The van der Waals surface area contributed by atoms with Crippen LogP contribution in [-0.4, -0.2) is 93.4 Å². The molecule has 10 aromatic rings. The molecule has 0 atom stereocenters. The molecule has 0 aliphatic heterocycles. The number of furan rings is 1. The quantitative estimate of drug-likeness (QED) is 0.187. The van der Waals surface area contributed by atoms with Crippen LogP contribution in [0, 0.1) is 0 Å². The van der Waals surface area contributed by atoms with Crippen LogP contribution in [0.2, 0.25) is 0 Å². The Bertz CT molecular complexity index is 3300. The van der Waals surface area contributed by atoms with Gasteiger partial charge in [0.25, 0.3) is 0 Å². The zero-order valence-electron chi connectivity index (χ0n) is 31.3. The van der Waals surface area contributed by atoms with Crippen molar-refractivity contribution >= 4 is 187 Å². The lowest BCUT2D eigenvalue weighted by Crippen LogP contribution is -2.55. The number of benzene rings is 8. The molecule has 4 nitrogen and oxygen atoms in total. The number of hydrogen-bond donors (Lipinski definition) is 0. The Morgan fingerprint density at radius 1 is 0.322 bits per heavy atom. The molecule has 0 N–H and O–H groups in total. The number of aromatic nitrogens is 3. The summed E-state index contributed by atoms with van der Waals surface area (Å²) in [5.74, 6) is 0.153. The van der Waals surface area contributed by atoms with E-state index in [1.54, 1.807) is 0 Å². The summed E-state index contributed by atoms with van der Waals surface area (Å²) < 4.78 is 6.70. The Balaban J connectivity index is 1.18. The van der Waals surface area contributed by atoms with Gasteiger partial charge < -0.3 is 4.42 Å². The molecular weight excluding hydrogens is 707 g/mol. The minimum absolute atomic E-state index is 0.00169. The van der Waals surface area contributed by atoms with Crippen LogP contribution in [0.4, 0.5) is 0 Å². The van der Waals surface area contributed by atoms with E-state index in [-0.39, 0.29) is 83.2 Å². The summed E-state index contributed by atoms with van der Waals surface area (Å²) in [4.78, 5) is 14.4. The zero-order valence-corrected chi connectivity index (χ0v) is 31.3. The molecule has 14 heteroatoms. The Kier molecular flexibility index (Phi) is 8.72. The third-order valence-electron chi connectivity index (χ3n) is 11.3. The Labute approximate surface area is 353 Å². The van der Waals surface area contributed by atoms with Gasteiger partial charge in [-0.15, -0.1) is 32.8 Å². The van der Waals surface area contributed by atoms with E-state index in [9.17, 15) is 0 Å². The fourth-order valence-corrected chi connectivity index (χ4v) is 8.14. The molecule has 10 rings (SSSR count). The number of fused-ring (bicyclic) bond motifs is 9. The standard InChI is InChI=1S/C45H17B10N3O/c46-32-30(33(47)37(51)40(54)36(32)50)44-56-43(57-45(58-44)31-34(48)38(52)41(55)39(53)35(31)49)27-11-5-10-26-25-15-13-19(17-29(25)59-42(26)27)18-12-14-24-22-8-2-1-6-20(22)21-7-3-4-9-23(21)28(24)16-18/h1-17H. The van der Waals surface area contributed by atoms with Crippen molar-refractivity contribution in [1.29, 1.82) is 0 Å². The third-order valence-corrected chi connectivity index (χ3v) is 11.3. The van der Waals surface area contributed by atoms with Crippen LogP contribution in [0.25, 0.3) is 99.5 Å². The molecular formula is C45H17B10N3O. The van der Waals surface area contributed by atoms with E-state index >= 15 is 0 Å². The molecule has 20 radical (unpaired) electrons. The molecule has 0 amide bonds. The first-order valence-corrected chi connectivity index (χ1v) is 18.5. The summed E-state index contributed by atoms with van der Waals surface area (Å²) in [7, 11) is 63.4. The minimum Gasteiger partial charge on any atom is -0.455 e. The topological polar surface area (TPSA) is 51.8 Å². The normalized spacial score (nSPS) is 11.7. The largest absolute Gasteiger partial charge is 0.455 e. The Hall–Kier alpha value is -6.00. The molecule has 2 heterocycles. The molecule has 59 heavy (non-hydrogen) atoms. The van der Waals surface area contributed by atoms with Gasteiger partial charge in [-0.3, -0.25) is 0 Å². The smallest absolute Gasteiger partial charge is 0.167 e. The molecule has 2 aromatic heterocycles. The van der Waals surface area contributed by atoms with E-state index in [2.05, 4.69) is 78.9 Å². The van der Waals surface area contributed by atoms with E-state index in [4.69, 9.17) is 97.8 Å². The molecule has 0 spiro atoms. The first-order valence-electron chi connectivity index (χ1n) is 18.5. The monoisotopic (exact) mass is 725 g/mol. The lowest BCUT2D eigenvalue weighted by Gasteiger charge is -2.22. The maximum atomic E-state index is 6.70. The summed E-state index contributed by atoms with van der Waals surface area (Å²) in [6.45, 7) is 0. The van der Waals surface area contributed by atoms with Crippen LogP contribution in [-0.2, 0) is 0 Å². The average Bonchev–Trinajstić information content (AvgIpc) is 3.64. The number of hydrogen-bond acceptors (Lipinski definition) is 4. The summed E-state index contributed by atoms with van der Waals surface area (Å²) in [5.41, 5.74) is 4.12. The summed E-state index contributed by atoms with van der Waals surface area (Å²) in [6, 6.07) is 35.5. The van der Waals surface area contributed by atoms with E-state index < -0.39 is 0 Å². The van der Waals surface area contributed by atoms with Crippen LogP contribution in [0.3, 0.4) is 0 Å². The summed E-state index contributed by atoms with van der Waals surface area (Å²) in [6.07, 6.45) is 0. The van der Waals surface area contributed by atoms with Gasteiger partial charge in [0, 0.05) is 21.9 Å².